The molecule has 0 aliphatic rings. The Bertz CT molecular complexity index is 631. The molecule has 0 spiro atoms. The molecular formula is C12H8Cl2FNO2. The van der Waals surface area contributed by atoms with Crippen LogP contribution in [-0.4, -0.2) is 17.6 Å². The molecule has 3 nitrogen and oxygen atoms in total. The van der Waals surface area contributed by atoms with Crippen LogP contribution in [0.2, 0.25) is 10.2 Å². The van der Waals surface area contributed by atoms with Crippen molar-refractivity contribution >= 4 is 40.1 Å². The molecule has 1 aromatic carbocycles. The molecule has 0 aliphatic heterocycles. The standard InChI is InChI=1S/C12H8Cl2FNO2/c1-2-18-12(17)8-4-6-3-7(13)5-9(15)10(6)16-11(8)14/h3-5H,2H2,1H3. The second kappa shape index (κ2) is 5.08. The van der Waals surface area contributed by atoms with Crippen LogP contribution in [0.15, 0.2) is 18.2 Å². The molecule has 0 atom stereocenters. The van der Waals surface area contributed by atoms with Gasteiger partial charge in [0.25, 0.3) is 0 Å². The van der Waals surface area contributed by atoms with E-state index in [2.05, 4.69) is 4.98 Å². The Hall–Kier alpha value is -1.39. The van der Waals surface area contributed by atoms with E-state index in [1.165, 1.54) is 12.1 Å². The number of hydrogen-bond donors (Lipinski definition) is 0. The van der Waals surface area contributed by atoms with Gasteiger partial charge >= 0.3 is 5.97 Å². The van der Waals surface area contributed by atoms with Crippen molar-refractivity contribution in [2.45, 2.75) is 6.92 Å². The number of esters is 1. The Morgan fingerprint density at radius 2 is 2.11 bits per heavy atom. The molecule has 0 aliphatic carbocycles. The van der Waals surface area contributed by atoms with Gasteiger partial charge in [-0.3, -0.25) is 0 Å². The van der Waals surface area contributed by atoms with Crippen LogP contribution in [0.25, 0.3) is 10.9 Å². The first-order chi connectivity index (χ1) is 8.52. The Balaban J connectivity index is 2.64. The molecule has 0 saturated heterocycles. The fraction of sp³-hybridized carbons (Fsp3) is 0.167. The van der Waals surface area contributed by atoms with Crippen LogP contribution in [-0.2, 0) is 4.74 Å². The molecule has 0 amide bonds. The van der Waals surface area contributed by atoms with Gasteiger partial charge in [-0.2, -0.15) is 0 Å². The Labute approximate surface area is 112 Å². The third kappa shape index (κ3) is 2.40. The number of benzene rings is 1. The zero-order chi connectivity index (χ0) is 13.3. The molecule has 0 N–H and O–H groups in total. The van der Waals surface area contributed by atoms with Crippen LogP contribution in [0.3, 0.4) is 0 Å². The largest absolute Gasteiger partial charge is 0.462 e. The fourth-order valence-electron chi connectivity index (χ4n) is 1.54. The highest BCUT2D eigenvalue weighted by atomic mass is 35.5. The highest BCUT2D eigenvalue weighted by Crippen LogP contribution is 2.26. The van der Waals surface area contributed by atoms with Crippen molar-refractivity contribution in [1.82, 2.24) is 4.98 Å². The number of carbonyl (C=O) groups excluding carboxylic acids is 1. The number of aromatic nitrogens is 1. The summed E-state index contributed by atoms with van der Waals surface area (Å²) in [7, 11) is 0. The maximum atomic E-state index is 13.6. The molecule has 0 unspecified atom stereocenters. The first kappa shape index (κ1) is 13.1. The highest BCUT2D eigenvalue weighted by Gasteiger charge is 2.16. The van der Waals surface area contributed by atoms with Gasteiger partial charge in [0.1, 0.15) is 10.7 Å². The summed E-state index contributed by atoms with van der Waals surface area (Å²) in [5, 5.41) is 0.522. The van der Waals surface area contributed by atoms with Crippen molar-refractivity contribution in [2.24, 2.45) is 0 Å². The van der Waals surface area contributed by atoms with Gasteiger partial charge in [-0.25, -0.2) is 14.2 Å². The fourth-order valence-corrected chi connectivity index (χ4v) is 1.97. The summed E-state index contributed by atoms with van der Waals surface area (Å²) in [5.41, 5.74) is 0.158. The minimum Gasteiger partial charge on any atom is -0.462 e. The van der Waals surface area contributed by atoms with Crippen molar-refractivity contribution in [3.63, 3.8) is 0 Å². The van der Waals surface area contributed by atoms with Crippen molar-refractivity contribution in [3.05, 3.63) is 39.8 Å². The van der Waals surface area contributed by atoms with E-state index in [9.17, 15) is 9.18 Å². The zero-order valence-corrected chi connectivity index (χ0v) is 10.8. The lowest BCUT2D eigenvalue weighted by Crippen LogP contribution is -2.06. The van der Waals surface area contributed by atoms with Gasteiger partial charge in [-0.15, -0.1) is 0 Å². The number of nitrogens with zero attached hydrogens (tertiary/aromatic N) is 1. The maximum Gasteiger partial charge on any atom is 0.341 e. The van der Waals surface area contributed by atoms with E-state index >= 15 is 0 Å². The van der Waals surface area contributed by atoms with Gasteiger partial charge in [-0.05, 0) is 25.1 Å². The van der Waals surface area contributed by atoms with Gasteiger partial charge in [0.05, 0.1) is 12.2 Å². The minimum absolute atomic E-state index is 0.0671. The number of pyridine rings is 1. The van der Waals surface area contributed by atoms with Crippen molar-refractivity contribution in [1.29, 1.82) is 0 Å². The average molecular weight is 288 g/mol. The first-order valence-corrected chi connectivity index (χ1v) is 5.91. The van der Waals surface area contributed by atoms with Crippen molar-refractivity contribution < 1.29 is 13.9 Å². The van der Waals surface area contributed by atoms with Crippen LogP contribution >= 0.6 is 23.2 Å². The van der Waals surface area contributed by atoms with Crippen molar-refractivity contribution in [3.8, 4) is 0 Å². The number of ether oxygens (including phenoxy) is 1. The molecule has 2 rings (SSSR count). The lowest BCUT2D eigenvalue weighted by molar-refractivity contribution is 0.0526. The van der Waals surface area contributed by atoms with Gasteiger partial charge in [0.15, 0.2) is 5.82 Å². The summed E-state index contributed by atoms with van der Waals surface area (Å²) in [5.74, 6) is -1.19. The lowest BCUT2D eigenvalue weighted by Gasteiger charge is -2.06. The number of fused-ring (bicyclic) bond motifs is 1. The van der Waals surface area contributed by atoms with E-state index < -0.39 is 11.8 Å². The summed E-state index contributed by atoms with van der Waals surface area (Å²) in [6.45, 7) is 1.90. The molecule has 18 heavy (non-hydrogen) atoms. The average Bonchev–Trinajstić information content (AvgIpc) is 2.29. The number of rotatable bonds is 2. The van der Waals surface area contributed by atoms with E-state index in [1.54, 1.807) is 6.92 Å². The Morgan fingerprint density at radius 3 is 2.78 bits per heavy atom. The number of halogens is 3. The van der Waals surface area contributed by atoms with E-state index in [-0.39, 0.29) is 27.9 Å². The molecule has 2 aromatic rings. The molecule has 94 valence electrons. The number of hydrogen-bond acceptors (Lipinski definition) is 3. The van der Waals surface area contributed by atoms with Gasteiger partial charge in [0, 0.05) is 10.4 Å². The van der Waals surface area contributed by atoms with E-state index in [4.69, 9.17) is 27.9 Å². The number of carbonyl (C=O) groups is 1. The van der Waals surface area contributed by atoms with Crippen LogP contribution in [0, 0.1) is 5.82 Å². The van der Waals surface area contributed by atoms with Gasteiger partial charge in [-0.1, -0.05) is 23.2 Å². The summed E-state index contributed by atoms with van der Waals surface area (Å²) >= 11 is 11.6. The molecular weight excluding hydrogens is 280 g/mol. The molecule has 1 heterocycles. The maximum absolute atomic E-state index is 13.6. The van der Waals surface area contributed by atoms with E-state index in [0.717, 1.165) is 6.07 Å². The van der Waals surface area contributed by atoms with Gasteiger partial charge < -0.3 is 4.74 Å². The Kier molecular flexibility index (Phi) is 3.68. The SMILES string of the molecule is CCOC(=O)c1cc2cc(Cl)cc(F)c2nc1Cl. The Morgan fingerprint density at radius 1 is 1.39 bits per heavy atom. The van der Waals surface area contributed by atoms with Gasteiger partial charge in [0.2, 0.25) is 0 Å². The summed E-state index contributed by atoms with van der Waals surface area (Å²) < 4.78 is 18.4. The zero-order valence-electron chi connectivity index (χ0n) is 9.34. The molecule has 6 heteroatoms. The molecule has 0 saturated carbocycles. The quantitative estimate of drug-likeness (QED) is 0.622. The monoisotopic (exact) mass is 287 g/mol. The second-order valence-electron chi connectivity index (χ2n) is 3.51. The predicted molar refractivity (Wildman–Crippen MR) is 67.7 cm³/mol. The predicted octanol–water partition coefficient (Wildman–Crippen LogP) is 3.86. The van der Waals surface area contributed by atoms with E-state index in [0.29, 0.717) is 5.39 Å². The third-order valence-corrected chi connectivity index (χ3v) is 2.79. The van der Waals surface area contributed by atoms with Crippen LogP contribution in [0.4, 0.5) is 4.39 Å². The van der Waals surface area contributed by atoms with Crippen LogP contribution < -0.4 is 0 Å². The molecule has 0 radical (unpaired) electrons. The lowest BCUT2D eigenvalue weighted by atomic mass is 10.1. The second-order valence-corrected chi connectivity index (χ2v) is 4.30. The highest BCUT2D eigenvalue weighted by molar-refractivity contribution is 6.33. The minimum atomic E-state index is -0.600. The summed E-state index contributed by atoms with van der Waals surface area (Å²) in [4.78, 5) is 15.5. The van der Waals surface area contributed by atoms with Crippen LogP contribution in [0.5, 0.6) is 0 Å². The van der Waals surface area contributed by atoms with Crippen LogP contribution in [0.1, 0.15) is 17.3 Å². The smallest absolute Gasteiger partial charge is 0.341 e. The molecule has 0 bridgehead atoms. The first-order valence-electron chi connectivity index (χ1n) is 5.15. The molecule has 0 fully saturated rings. The van der Waals surface area contributed by atoms with Crippen molar-refractivity contribution in [2.75, 3.05) is 6.61 Å². The van der Waals surface area contributed by atoms with E-state index in [1.807, 2.05) is 0 Å². The third-order valence-electron chi connectivity index (χ3n) is 2.29. The summed E-state index contributed by atoms with van der Waals surface area (Å²) in [6, 6.07) is 4.06. The molecule has 1 aromatic heterocycles. The summed E-state index contributed by atoms with van der Waals surface area (Å²) in [6.07, 6.45) is 0. The topological polar surface area (TPSA) is 39.2 Å². The normalized spacial score (nSPS) is 10.7.